The van der Waals surface area contributed by atoms with E-state index >= 15 is 0 Å². The van der Waals surface area contributed by atoms with Crippen LogP contribution in [0.4, 0.5) is 0 Å². The number of rotatable bonds is 2. The van der Waals surface area contributed by atoms with Gasteiger partial charge in [0, 0.05) is 5.56 Å². The summed E-state index contributed by atoms with van der Waals surface area (Å²) in [5, 5.41) is 0. The minimum absolute atomic E-state index is 0.115. The first-order valence-corrected chi connectivity index (χ1v) is 5.65. The van der Waals surface area contributed by atoms with Crippen LogP contribution in [0.1, 0.15) is 45.1 Å². The van der Waals surface area contributed by atoms with E-state index in [1.54, 1.807) is 12.2 Å². The molecule has 0 fully saturated rings. The van der Waals surface area contributed by atoms with Gasteiger partial charge in [0.15, 0.2) is 5.78 Å². The maximum Gasteiger partial charge on any atom is 0.186 e. The lowest BCUT2D eigenvalue weighted by molar-refractivity contribution is 0.104. The summed E-state index contributed by atoms with van der Waals surface area (Å²) in [7, 11) is 0. The highest BCUT2D eigenvalue weighted by Gasteiger charge is 2.15. The van der Waals surface area contributed by atoms with Gasteiger partial charge in [-0.25, -0.2) is 0 Å². The normalized spacial score (nSPS) is 11.1. The summed E-state index contributed by atoms with van der Waals surface area (Å²) in [6.45, 7) is 12.2. The summed E-state index contributed by atoms with van der Waals surface area (Å²) in [4.78, 5) is 12.0. The van der Waals surface area contributed by atoms with Crippen LogP contribution >= 0.6 is 0 Å². The molecule has 0 amide bonds. The molecule has 0 saturated carbocycles. The van der Waals surface area contributed by atoms with Crippen LogP contribution in [-0.2, 0) is 0 Å². The first kappa shape index (κ1) is 12.7. The van der Waals surface area contributed by atoms with Gasteiger partial charge in [0.2, 0.25) is 0 Å². The van der Waals surface area contributed by atoms with E-state index in [1.165, 1.54) is 16.7 Å². The lowest BCUT2D eigenvalue weighted by atomic mass is 9.88. The molecule has 0 spiro atoms. The van der Waals surface area contributed by atoms with E-state index in [-0.39, 0.29) is 5.78 Å². The summed E-state index contributed by atoms with van der Waals surface area (Å²) in [5.41, 5.74) is 6.87. The zero-order chi connectivity index (χ0) is 12.5. The fourth-order valence-corrected chi connectivity index (χ4v) is 2.10. The zero-order valence-corrected chi connectivity index (χ0v) is 11.1. The number of hydrogen-bond acceptors (Lipinski definition) is 1. The quantitative estimate of drug-likeness (QED) is 0.539. The monoisotopic (exact) mass is 216 g/mol. The number of ketones is 1. The molecule has 1 aromatic carbocycles. The van der Waals surface area contributed by atoms with Crippen molar-refractivity contribution in [3.63, 3.8) is 0 Å². The predicted molar refractivity (Wildman–Crippen MR) is 69.3 cm³/mol. The summed E-state index contributed by atoms with van der Waals surface area (Å²) in [5.74, 6) is 0.115. The molecule has 1 rings (SSSR count). The number of allylic oxidation sites excluding steroid dienone is 2. The average molecular weight is 216 g/mol. The number of carbonyl (C=O) groups is 1. The van der Waals surface area contributed by atoms with Gasteiger partial charge < -0.3 is 0 Å². The van der Waals surface area contributed by atoms with Crippen LogP contribution in [0.5, 0.6) is 0 Å². The Morgan fingerprint density at radius 3 is 1.56 bits per heavy atom. The highest BCUT2D eigenvalue weighted by Crippen LogP contribution is 2.26. The standard InChI is InChI=1S/C15H20O/c1-7-8-14(16)15-12(5)10(3)9(2)11(4)13(15)6/h7-8H,1-6H3/b8-7+. The third-order valence-electron chi connectivity index (χ3n) is 3.56. The molecule has 0 bridgehead atoms. The SMILES string of the molecule is C/C=C/C(=O)c1c(C)c(C)c(C)c(C)c1C. The van der Waals surface area contributed by atoms with Gasteiger partial charge in [-0.1, -0.05) is 6.08 Å². The first-order chi connectivity index (χ1) is 7.41. The molecule has 0 aliphatic rings. The van der Waals surface area contributed by atoms with E-state index < -0.39 is 0 Å². The molecule has 86 valence electrons. The second kappa shape index (κ2) is 4.65. The smallest absolute Gasteiger partial charge is 0.186 e. The Labute approximate surface area is 98.2 Å². The van der Waals surface area contributed by atoms with E-state index in [9.17, 15) is 4.79 Å². The molecular formula is C15H20O. The van der Waals surface area contributed by atoms with Gasteiger partial charge in [-0.3, -0.25) is 4.79 Å². The Kier molecular flexibility index (Phi) is 3.69. The van der Waals surface area contributed by atoms with Gasteiger partial charge >= 0.3 is 0 Å². The molecule has 0 aliphatic heterocycles. The zero-order valence-electron chi connectivity index (χ0n) is 11.1. The molecule has 0 saturated heterocycles. The van der Waals surface area contributed by atoms with Crippen molar-refractivity contribution in [2.45, 2.75) is 41.5 Å². The molecule has 0 aromatic heterocycles. The van der Waals surface area contributed by atoms with E-state index in [4.69, 9.17) is 0 Å². The van der Waals surface area contributed by atoms with Gasteiger partial charge in [-0.15, -0.1) is 0 Å². The maximum atomic E-state index is 12.0. The lowest BCUT2D eigenvalue weighted by Gasteiger charge is -2.16. The van der Waals surface area contributed by atoms with Crippen molar-refractivity contribution in [2.75, 3.05) is 0 Å². The highest BCUT2D eigenvalue weighted by atomic mass is 16.1. The van der Waals surface area contributed by atoms with E-state index in [2.05, 4.69) is 20.8 Å². The molecule has 0 atom stereocenters. The fourth-order valence-electron chi connectivity index (χ4n) is 2.10. The first-order valence-electron chi connectivity index (χ1n) is 5.65. The molecule has 1 nitrogen and oxygen atoms in total. The lowest BCUT2D eigenvalue weighted by Crippen LogP contribution is -2.07. The second-order valence-electron chi connectivity index (χ2n) is 4.36. The molecule has 0 heterocycles. The van der Waals surface area contributed by atoms with Crippen LogP contribution in [0.2, 0.25) is 0 Å². The summed E-state index contributed by atoms with van der Waals surface area (Å²) < 4.78 is 0. The third-order valence-corrected chi connectivity index (χ3v) is 3.56. The molecule has 0 N–H and O–H groups in total. The van der Waals surface area contributed by atoms with Gasteiger partial charge in [0.25, 0.3) is 0 Å². The van der Waals surface area contributed by atoms with E-state index in [1.807, 2.05) is 20.8 Å². The van der Waals surface area contributed by atoms with Crippen LogP contribution in [-0.4, -0.2) is 5.78 Å². The third kappa shape index (κ3) is 1.95. The Bertz CT molecular complexity index is 436. The van der Waals surface area contributed by atoms with Gasteiger partial charge in [0.1, 0.15) is 0 Å². The van der Waals surface area contributed by atoms with Crippen molar-refractivity contribution in [1.29, 1.82) is 0 Å². The van der Waals surface area contributed by atoms with Crippen molar-refractivity contribution >= 4 is 5.78 Å². The Hall–Kier alpha value is -1.37. The van der Waals surface area contributed by atoms with Gasteiger partial charge in [-0.05, 0) is 75.4 Å². The summed E-state index contributed by atoms with van der Waals surface area (Å²) in [6, 6.07) is 0. The van der Waals surface area contributed by atoms with Crippen LogP contribution in [0.25, 0.3) is 0 Å². The van der Waals surface area contributed by atoms with Gasteiger partial charge in [0.05, 0.1) is 0 Å². The van der Waals surface area contributed by atoms with Crippen molar-refractivity contribution in [3.8, 4) is 0 Å². The average Bonchev–Trinajstić information content (AvgIpc) is 2.24. The maximum absolute atomic E-state index is 12.0. The Balaban J connectivity index is 3.58. The topological polar surface area (TPSA) is 17.1 Å². The molecule has 1 heteroatoms. The van der Waals surface area contributed by atoms with Crippen molar-refractivity contribution in [2.24, 2.45) is 0 Å². The number of benzene rings is 1. The van der Waals surface area contributed by atoms with Crippen LogP contribution in [0.3, 0.4) is 0 Å². The summed E-state index contributed by atoms with van der Waals surface area (Å²) in [6.07, 6.45) is 3.44. The van der Waals surface area contributed by atoms with E-state index in [0.29, 0.717) is 0 Å². The molecular weight excluding hydrogens is 196 g/mol. The molecule has 0 aliphatic carbocycles. The second-order valence-corrected chi connectivity index (χ2v) is 4.36. The molecule has 1 aromatic rings. The van der Waals surface area contributed by atoms with Crippen molar-refractivity contribution in [1.82, 2.24) is 0 Å². The minimum atomic E-state index is 0.115. The highest BCUT2D eigenvalue weighted by molar-refractivity contribution is 6.07. The van der Waals surface area contributed by atoms with Crippen LogP contribution in [0.15, 0.2) is 12.2 Å². The van der Waals surface area contributed by atoms with E-state index in [0.717, 1.165) is 16.7 Å². The molecule has 16 heavy (non-hydrogen) atoms. The predicted octanol–water partition coefficient (Wildman–Crippen LogP) is 3.99. The van der Waals surface area contributed by atoms with Crippen molar-refractivity contribution < 1.29 is 4.79 Å². The van der Waals surface area contributed by atoms with Crippen LogP contribution in [0, 0.1) is 34.6 Å². The Morgan fingerprint density at radius 2 is 1.19 bits per heavy atom. The number of carbonyl (C=O) groups excluding carboxylic acids is 1. The van der Waals surface area contributed by atoms with Crippen molar-refractivity contribution in [3.05, 3.63) is 45.5 Å². The number of hydrogen-bond donors (Lipinski definition) is 0. The minimum Gasteiger partial charge on any atom is -0.289 e. The molecule has 0 unspecified atom stereocenters. The largest absolute Gasteiger partial charge is 0.289 e. The van der Waals surface area contributed by atoms with Gasteiger partial charge in [-0.2, -0.15) is 0 Å². The van der Waals surface area contributed by atoms with Crippen LogP contribution < -0.4 is 0 Å². The Morgan fingerprint density at radius 1 is 0.812 bits per heavy atom. The summed E-state index contributed by atoms with van der Waals surface area (Å²) >= 11 is 0. The molecule has 0 radical (unpaired) electrons. The fraction of sp³-hybridized carbons (Fsp3) is 0.400.